The molecule has 0 saturated carbocycles. The number of aromatic nitrogens is 4. The van der Waals surface area contributed by atoms with Crippen LogP contribution in [0.3, 0.4) is 0 Å². The molecule has 2 aromatic rings. The number of nitrogens with one attached hydrogen (secondary N) is 1. The number of hydrogen-bond acceptors (Lipinski definition) is 5. The van der Waals surface area contributed by atoms with Crippen molar-refractivity contribution in [3.8, 4) is 0 Å². The second kappa shape index (κ2) is 8.15. The number of nitrogens with zero attached hydrogens (tertiary/aromatic N) is 4. The number of aryl methyl sites for hydroxylation is 2. The molecule has 3 rings (SSSR count). The highest BCUT2D eigenvalue weighted by molar-refractivity contribution is 8.00. The third kappa shape index (κ3) is 4.90. The van der Waals surface area contributed by atoms with Gasteiger partial charge < -0.3 is 5.32 Å². The van der Waals surface area contributed by atoms with Gasteiger partial charge >= 0.3 is 11.2 Å². The average Bonchev–Trinajstić information content (AvgIpc) is 2.94. The van der Waals surface area contributed by atoms with Gasteiger partial charge in [-0.25, -0.2) is 14.5 Å². The molecule has 146 valence electrons. The van der Waals surface area contributed by atoms with E-state index in [1.165, 1.54) is 23.0 Å². The van der Waals surface area contributed by atoms with Gasteiger partial charge in [-0.05, 0) is 31.4 Å². The highest BCUT2D eigenvalue weighted by Gasteiger charge is 2.32. The van der Waals surface area contributed by atoms with Gasteiger partial charge in [0.1, 0.15) is 10.9 Å². The molecule has 27 heavy (non-hydrogen) atoms. The Balaban J connectivity index is 1.55. The number of carbonyl (C=O) groups excluding carboxylic acids is 1. The largest absolute Gasteiger partial charge is 0.447 e. The van der Waals surface area contributed by atoms with Gasteiger partial charge in [0.2, 0.25) is 0 Å². The SMILES string of the molecule is O=C(NCCCn1nc2n(c1=O)CCCC2)c1cccnc1SC(F)(F)F. The molecule has 0 aliphatic carbocycles. The Morgan fingerprint density at radius 2 is 2.15 bits per heavy atom. The number of carbonyl (C=O) groups is 1. The highest BCUT2D eigenvalue weighted by Crippen LogP contribution is 2.37. The first-order valence-electron chi connectivity index (χ1n) is 8.50. The van der Waals surface area contributed by atoms with Crippen LogP contribution < -0.4 is 11.0 Å². The van der Waals surface area contributed by atoms with E-state index in [4.69, 9.17) is 0 Å². The molecule has 1 N–H and O–H groups in total. The Hall–Kier alpha value is -2.30. The topological polar surface area (TPSA) is 81.8 Å². The molecule has 0 spiro atoms. The minimum absolute atomic E-state index is 0.130. The summed E-state index contributed by atoms with van der Waals surface area (Å²) in [5.74, 6) is 0.144. The van der Waals surface area contributed by atoms with Crippen LogP contribution in [0.15, 0.2) is 28.2 Å². The first kappa shape index (κ1) is 19.5. The fraction of sp³-hybridized carbons (Fsp3) is 0.500. The molecule has 0 atom stereocenters. The van der Waals surface area contributed by atoms with Crippen LogP contribution in [-0.4, -0.2) is 37.3 Å². The Labute approximate surface area is 157 Å². The number of alkyl halides is 3. The molecule has 1 amide bonds. The van der Waals surface area contributed by atoms with E-state index in [2.05, 4.69) is 15.4 Å². The number of amides is 1. The number of fused-ring (bicyclic) bond motifs is 1. The van der Waals surface area contributed by atoms with Crippen LogP contribution in [0.4, 0.5) is 13.2 Å². The summed E-state index contributed by atoms with van der Waals surface area (Å²) in [6.07, 6.45) is 4.38. The van der Waals surface area contributed by atoms with Crippen molar-refractivity contribution in [3.05, 3.63) is 40.2 Å². The Morgan fingerprint density at radius 3 is 2.89 bits per heavy atom. The minimum Gasteiger partial charge on any atom is -0.352 e. The van der Waals surface area contributed by atoms with Gasteiger partial charge in [0, 0.05) is 44.0 Å². The molecule has 0 radical (unpaired) electrons. The maximum Gasteiger partial charge on any atom is 0.447 e. The summed E-state index contributed by atoms with van der Waals surface area (Å²) in [5.41, 5.74) is -4.81. The molecule has 3 heterocycles. The molecule has 0 bridgehead atoms. The smallest absolute Gasteiger partial charge is 0.352 e. The Kier molecular flexibility index (Phi) is 5.88. The second-order valence-electron chi connectivity index (χ2n) is 6.04. The first-order chi connectivity index (χ1) is 12.8. The van der Waals surface area contributed by atoms with Crippen molar-refractivity contribution in [1.29, 1.82) is 0 Å². The Morgan fingerprint density at radius 1 is 1.33 bits per heavy atom. The van der Waals surface area contributed by atoms with Gasteiger partial charge in [0.25, 0.3) is 5.91 Å². The van der Waals surface area contributed by atoms with Crippen LogP contribution in [0.2, 0.25) is 0 Å². The monoisotopic (exact) mass is 401 g/mol. The van der Waals surface area contributed by atoms with Gasteiger partial charge in [0.15, 0.2) is 0 Å². The van der Waals surface area contributed by atoms with Crippen LogP contribution in [0.25, 0.3) is 0 Å². The third-order valence-electron chi connectivity index (χ3n) is 4.09. The zero-order valence-corrected chi connectivity index (χ0v) is 15.1. The zero-order valence-electron chi connectivity index (χ0n) is 14.3. The summed E-state index contributed by atoms with van der Waals surface area (Å²) < 4.78 is 40.7. The molecule has 1 aliphatic heterocycles. The number of rotatable bonds is 6. The van der Waals surface area contributed by atoms with Crippen LogP contribution in [0, 0.1) is 0 Å². The first-order valence-corrected chi connectivity index (χ1v) is 9.32. The summed E-state index contributed by atoms with van der Waals surface area (Å²) >= 11 is -0.421. The summed E-state index contributed by atoms with van der Waals surface area (Å²) in [7, 11) is 0. The molecule has 11 heteroatoms. The van der Waals surface area contributed by atoms with E-state index in [-0.39, 0.29) is 22.8 Å². The number of thioether (sulfide) groups is 1. The molecular formula is C16H18F3N5O2S. The highest BCUT2D eigenvalue weighted by atomic mass is 32.2. The van der Waals surface area contributed by atoms with Gasteiger partial charge in [-0.15, -0.1) is 0 Å². The van der Waals surface area contributed by atoms with E-state index in [0.29, 0.717) is 19.5 Å². The average molecular weight is 401 g/mol. The van der Waals surface area contributed by atoms with E-state index < -0.39 is 23.2 Å². The fourth-order valence-electron chi connectivity index (χ4n) is 2.87. The zero-order chi connectivity index (χ0) is 19.4. The molecular weight excluding hydrogens is 383 g/mol. The summed E-state index contributed by atoms with van der Waals surface area (Å²) in [6, 6.07) is 2.70. The standard InChI is InChI=1S/C16H18F3N5O2S/c17-16(18,19)27-14-11(5-3-7-21-14)13(25)20-8-4-10-24-15(26)23-9-2-1-6-12(23)22-24/h3,5,7H,1-2,4,6,8-10H2,(H,20,25). The van der Waals surface area contributed by atoms with Crippen LogP contribution in [-0.2, 0) is 19.5 Å². The predicted molar refractivity (Wildman–Crippen MR) is 92.5 cm³/mol. The van der Waals surface area contributed by atoms with E-state index in [1.54, 1.807) is 4.57 Å². The van der Waals surface area contributed by atoms with Crippen molar-refractivity contribution in [2.45, 2.75) is 49.3 Å². The van der Waals surface area contributed by atoms with Crippen molar-refractivity contribution in [1.82, 2.24) is 24.6 Å². The minimum atomic E-state index is -4.52. The molecule has 7 nitrogen and oxygen atoms in total. The molecule has 0 aromatic carbocycles. The van der Waals surface area contributed by atoms with E-state index >= 15 is 0 Å². The van der Waals surface area contributed by atoms with Gasteiger partial charge in [-0.1, -0.05) is 0 Å². The summed E-state index contributed by atoms with van der Waals surface area (Å²) in [6.45, 7) is 1.21. The van der Waals surface area contributed by atoms with Crippen molar-refractivity contribution >= 4 is 17.7 Å². The van der Waals surface area contributed by atoms with E-state index in [9.17, 15) is 22.8 Å². The lowest BCUT2D eigenvalue weighted by molar-refractivity contribution is -0.0329. The molecule has 0 fully saturated rings. The predicted octanol–water partition coefficient (Wildman–Crippen LogP) is 2.21. The number of pyridine rings is 1. The molecule has 2 aromatic heterocycles. The maximum absolute atomic E-state index is 12.6. The van der Waals surface area contributed by atoms with Crippen molar-refractivity contribution in [2.24, 2.45) is 0 Å². The molecule has 1 aliphatic rings. The fourth-order valence-corrected chi connectivity index (χ4v) is 3.48. The van der Waals surface area contributed by atoms with E-state index in [1.807, 2.05) is 0 Å². The Bertz CT molecular complexity index is 878. The van der Waals surface area contributed by atoms with Crippen LogP contribution >= 0.6 is 11.8 Å². The second-order valence-corrected chi connectivity index (χ2v) is 7.10. The van der Waals surface area contributed by atoms with Gasteiger partial charge in [0.05, 0.1) is 5.56 Å². The summed E-state index contributed by atoms with van der Waals surface area (Å²) in [5, 5.41) is 6.47. The molecule has 0 unspecified atom stereocenters. The normalized spacial score (nSPS) is 14.0. The lowest BCUT2D eigenvalue weighted by atomic mass is 10.2. The number of hydrogen-bond donors (Lipinski definition) is 1. The summed E-state index contributed by atoms with van der Waals surface area (Å²) in [4.78, 5) is 28.0. The van der Waals surface area contributed by atoms with Crippen molar-refractivity contribution in [3.63, 3.8) is 0 Å². The lowest BCUT2D eigenvalue weighted by Crippen LogP contribution is -2.29. The molecule has 0 saturated heterocycles. The van der Waals surface area contributed by atoms with Crippen molar-refractivity contribution < 1.29 is 18.0 Å². The van der Waals surface area contributed by atoms with Gasteiger partial charge in [-0.3, -0.25) is 9.36 Å². The van der Waals surface area contributed by atoms with Crippen LogP contribution in [0.1, 0.15) is 35.4 Å². The third-order valence-corrected chi connectivity index (χ3v) is 4.84. The lowest BCUT2D eigenvalue weighted by Gasteiger charge is -2.10. The van der Waals surface area contributed by atoms with Crippen molar-refractivity contribution in [2.75, 3.05) is 6.54 Å². The van der Waals surface area contributed by atoms with E-state index in [0.717, 1.165) is 25.1 Å². The number of halogens is 3. The quantitative estimate of drug-likeness (QED) is 0.593. The maximum atomic E-state index is 12.6. The van der Waals surface area contributed by atoms with Gasteiger partial charge in [-0.2, -0.15) is 18.3 Å². The van der Waals surface area contributed by atoms with Crippen LogP contribution in [0.5, 0.6) is 0 Å².